The number of rotatable bonds is 0. The molecule has 6 heavy (non-hydrogen) atoms. The largest absolute Gasteiger partial charge is 0.0885 e. The number of alkyl halides is 1. The van der Waals surface area contributed by atoms with E-state index in [1.165, 1.54) is 0 Å². The van der Waals surface area contributed by atoms with Crippen LogP contribution < -0.4 is 0 Å². The summed E-state index contributed by atoms with van der Waals surface area (Å²) in [4.78, 5) is 0.831. The van der Waals surface area contributed by atoms with Gasteiger partial charge in [0.25, 0.3) is 0 Å². The molecule has 0 aromatic carbocycles. The molecule has 0 spiro atoms. The summed E-state index contributed by atoms with van der Waals surface area (Å²) in [5, 5.41) is 0. The highest BCUT2D eigenvalue weighted by atomic mass is 79.9. The average Bonchev–Trinajstić information content (AvgIpc) is 1.94. The summed E-state index contributed by atoms with van der Waals surface area (Å²) in [5.41, 5.74) is 0. The Morgan fingerprint density at radius 3 is 1.33 bits per heavy atom. The summed E-state index contributed by atoms with van der Waals surface area (Å²) >= 11 is 3.51. The lowest BCUT2D eigenvalue weighted by atomic mass is 10.4. The zero-order chi connectivity index (χ0) is 4.73. The first-order chi connectivity index (χ1) is 2.73. The van der Waals surface area contributed by atoms with Crippen LogP contribution in [-0.4, -0.2) is 4.83 Å². The predicted octanol–water partition coefficient (Wildman–Crippen LogP) is 2.04. The van der Waals surface area contributed by atoms with Gasteiger partial charge >= 0.3 is 0 Å². The molecule has 2 unspecified atom stereocenters. The Hall–Kier alpha value is 0.480. The quantitative estimate of drug-likeness (QED) is 0.462. The van der Waals surface area contributed by atoms with Crippen molar-refractivity contribution in [2.24, 2.45) is 11.8 Å². The third-order valence-electron chi connectivity index (χ3n) is 1.69. The first kappa shape index (κ1) is 4.63. The fraction of sp³-hybridized carbons (Fsp3) is 1.00. The van der Waals surface area contributed by atoms with E-state index in [-0.39, 0.29) is 0 Å². The Labute approximate surface area is 47.1 Å². The highest BCUT2D eigenvalue weighted by molar-refractivity contribution is 9.09. The molecule has 0 radical (unpaired) electrons. The van der Waals surface area contributed by atoms with Crippen molar-refractivity contribution in [1.29, 1.82) is 0 Å². The van der Waals surface area contributed by atoms with Crippen molar-refractivity contribution in [3.8, 4) is 0 Å². The van der Waals surface area contributed by atoms with Crippen molar-refractivity contribution in [2.75, 3.05) is 0 Å². The minimum absolute atomic E-state index is 0.831. The summed E-state index contributed by atoms with van der Waals surface area (Å²) in [6.07, 6.45) is 0. The maximum atomic E-state index is 3.51. The van der Waals surface area contributed by atoms with Crippen LogP contribution in [0.3, 0.4) is 0 Å². The van der Waals surface area contributed by atoms with E-state index in [0.717, 1.165) is 16.7 Å². The summed E-state index contributed by atoms with van der Waals surface area (Å²) in [6.45, 7) is 4.54. The summed E-state index contributed by atoms with van der Waals surface area (Å²) in [5.74, 6) is 1.87. The fourth-order valence-corrected chi connectivity index (χ4v) is 1.39. The molecule has 0 bridgehead atoms. The Morgan fingerprint density at radius 1 is 1.17 bits per heavy atom. The van der Waals surface area contributed by atoms with E-state index in [4.69, 9.17) is 0 Å². The lowest BCUT2D eigenvalue weighted by Gasteiger charge is -1.65. The van der Waals surface area contributed by atoms with Crippen LogP contribution in [0.25, 0.3) is 0 Å². The Morgan fingerprint density at radius 2 is 1.33 bits per heavy atom. The maximum Gasteiger partial charge on any atom is 0.0202 e. The second-order valence-corrected chi connectivity index (χ2v) is 3.22. The number of hydrogen-bond acceptors (Lipinski definition) is 0. The summed E-state index contributed by atoms with van der Waals surface area (Å²) < 4.78 is 0. The van der Waals surface area contributed by atoms with Crippen molar-refractivity contribution in [2.45, 2.75) is 18.7 Å². The average molecular weight is 149 g/mol. The molecule has 1 fully saturated rings. The maximum absolute atomic E-state index is 3.51. The van der Waals surface area contributed by atoms with Gasteiger partial charge in [0.05, 0.1) is 0 Å². The first-order valence-electron chi connectivity index (χ1n) is 2.37. The molecule has 0 N–H and O–H groups in total. The lowest BCUT2D eigenvalue weighted by Crippen LogP contribution is -1.60. The molecule has 0 saturated heterocycles. The van der Waals surface area contributed by atoms with Crippen LogP contribution in [0.5, 0.6) is 0 Å². The van der Waals surface area contributed by atoms with Gasteiger partial charge in [0.15, 0.2) is 0 Å². The molecule has 1 saturated carbocycles. The minimum atomic E-state index is 0.831. The smallest absolute Gasteiger partial charge is 0.0202 e. The van der Waals surface area contributed by atoms with Crippen LogP contribution in [0.1, 0.15) is 13.8 Å². The normalized spacial score (nSPS) is 55.5. The van der Waals surface area contributed by atoms with Gasteiger partial charge in [-0.2, -0.15) is 0 Å². The van der Waals surface area contributed by atoms with Crippen LogP contribution in [0.4, 0.5) is 0 Å². The Bertz CT molecular complexity index is 40.7. The highest BCUT2D eigenvalue weighted by Gasteiger charge is 2.40. The van der Waals surface area contributed by atoms with Gasteiger partial charge in [0, 0.05) is 4.83 Å². The van der Waals surface area contributed by atoms with E-state index in [1.807, 2.05) is 0 Å². The molecular weight excluding hydrogens is 140 g/mol. The van der Waals surface area contributed by atoms with E-state index >= 15 is 0 Å². The Balaban J connectivity index is 2.31. The summed E-state index contributed by atoms with van der Waals surface area (Å²) in [7, 11) is 0. The number of halogens is 1. The van der Waals surface area contributed by atoms with Gasteiger partial charge in [-0.25, -0.2) is 0 Å². The van der Waals surface area contributed by atoms with Crippen molar-refractivity contribution < 1.29 is 0 Å². The van der Waals surface area contributed by atoms with E-state index in [9.17, 15) is 0 Å². The predicted molar refractivity (Wildman–Crippen MR) is 31.0 cm³/mol. The van der Waals surface area contributed by atoms with Crippen LogP contribution in [-0.2, 0) is 0 Å². The minimum Gasteiger partial charge on any atom is -0.0885 e. The van der Waals surface area contributed by atoms with Crippen LogP contribution >= 0.6 is 15.9 Å². The van der Waals surface area contributed by atoms with Crippen molar-refractivity contribution in [1.82, 2.24) is 0 Å². The van der Waals surface area contributed by atoms with Gasteiger partial charge in [-0.3, -0.25) is 0 Å². The number of hydrogen-bond donors (Lipinski definition) is 0. The molecule has 0 aromatic rings. The monoisotopic (exact) mass is 148 g/mol. The second kappa shape index (κ2) is 1.22. The van der Waals surface area contributed by atoms with Crippen LogP contribution in [0, 0.1) is 11.8 Å². The van der Waals surface area contributed by atoms with Crippen molar-refractivity contribution in [3.63, 3.8) is 0 Å². The van der Waals surface area contributed by atoms with E-state index < -0.39 is 0 Å². The van der Waals surface area contributed by atoms with Gasteiger partial charge in [-0.15, -0.1) is 0 Å². The first-order valence-corrected chi connectivity index (χ1v) is 3.29. The van der Waals surface area contributed by atoms with Gasteiger partial charge in [-0.1, -0.05) is 29.8 Å². The molecule has 36 valence electrons. The van der Waals surface area contributed by atoms with E-state index in [1.54, 1.807) is 0 Å². The molecule has 0 nitrogen and oxygen atoms in total. The van der Waals surface area contributed by atoms with Crippen LogP contribution in [0.15, 0.2) is 0 Å². The summed E-state index contributed by atoms with van der Waals surface area (Å²) in [6, 6.07) is 0. The fourth-order valence-electron chi connectivity index (χ4n) is 0.602. The molecule has 0 aromatic heterocycles. The molecule has 1 rings (SSSR count). The molecule has 0 heterocycles. The lowest BCUT2D eigenvalue weighted by molar-refractivity contribution is 0.834. The third kappa shape index (κ3) is 0.494. The Kier molecular flexibility index (Phi) is 0.945. The molecule has 0 amide bonds. The van der Waals surface area contributed by atoms with Crippen molar-refractivity contribution >= 4 is 15.9 Å². The van der Waals surface area contributed by atoms with E-state index in [2.05, 4.69) is 29.8 Å². The molecule has 1 aliphatic carbocycles. The molecule has 2 atom stereocenters. The van der Waals surface area contributed by atoms with Gasteiger partial charge in [0.1, 0.15) is 0 Å². The molecular formula is C5H9Br. The SMILES string of the molecule is CC1C(C)C1Br. The van der Waals surface area contributed by atoms with Crippen molar-refractivity contribution in [3.05, 3.63) is 0 Å². The van der Waals surface area contributed by atoms with Gasteiger partial charge in [0.2, 0.25) is 0 Å². The van der Waals surface area contributed by atoms with E-state index in [0.29, 0.717) is 0 Å². The second-order valence-electron chi connectivity index (χ2n) is 2.16. The molecule has 0 aliphatic heterocycles. The third-order valence-corrected chi connectivity index (χ3v) is 3.36. The molecule has 1 heteroatoms. The zero-order valence-electron chi connectivity index (χ0n) is 4.11. The highest BCUT2D eigenvalue weighted by Crippen LogP contribution is 2.43. The standard InChI is InChI=1S/C5H9Br/c1-3-4(2)5(3)6/h3-5H,1-2H3. The van der Waals surface area contributed by atoms with Gasteiger partial charge in [-0.05, 0) is 11.8 Å². The topological polar surface area (TPSA) is 0 Å². The van der Waals surface area contributed by atoms with Crippen LogP contribution in [0.2, 0.25) is 0 Å². The zero-order valence-corrected chi connectivity index (χ0v) is 5.70. The van der Waals surface area contributed by atoms with Gasteiger partial charge < -0.3 is 0 Å². The molecule has 1 aliphatic rings.